The molecule has 2 N–H and O–H groups in total. The van der Waals surface area contributed by atoms with E-state index in [4.69, 9.17) is 5.26 Å². The molecule has 0 atom stereocenters. The second-order valence-corrected chi connectivity index (χ2v) is 11.1. The zero-order valence-electron chi connectivity index (χ0n) is 19.0. The first-order valence-electron chi connectivity index (χ1n) is 9.01. The number of hydrogen-bond donors (Lipinski definition) is 2. The fourth-order valence-corrected chi connectivity index (χ4v) is 5.27. The van der Waals surface area contributed by atoms with Crippen LogP contribution >= 0.6 is 23.3 Å². The van der Waals surface area contributed by atoms with Crippen molar-refractivity contribution in [2.45, 2.75) is 16.7 Å². The quantitative estimate of drug-likeness (QED) is 0.0530. The SMILES string of the molecule is O=c1c(N=Nc2nc(SCCS(=O)(=O)[O-])ns2)cc(COO)c(O)n1-c1ccc(S(=O)(=O)[O-])cc1.[K+].[K+]. The molecule has 0 saturated heterocycles. The van der Waals surface area contributed by atoms with Crippen LogP contribution in [0.15, 0.2) is 55.4 Å². The molecule has 0 spiro atoms. The fraction of sp³-hybridized carbons (Fsp3) is 0.188. The monoisotopic (exact) mass is 641 g/mol. The van der Waals surface area contributed by atoms with Gasteiger partial charge in [-0.25, -0.2) is 26.3 Å². The van der Waals surface area contributed by atoms with Gasteiger partial charge < -0.3 is 14.2 Å². The molecule has 0 saturated carbocycles. The van der Waals surface area contributed by atoms with Crippen LogP contribution in [0.5, 0.6) is 5.88 Å². The number of benzene rings is 1. The first kappa shape index (κ1) is 35.5. The van der Waals surface area contributed by atoms with Crippen LogP contribution in [0.3, 0.4) is 0 Å². The normalized spacial score (nSPS) is 11.8. The van der Waals surface area contributed by atoms with Crippen molar-refractivity contribution in [3.05, 3.63) is 46.2 Å². The number of aromatic nitrogens is 3. The molecule has 15 nitrogen and oxygen atoms in total. The summed E-state index contributed by atoms with van der Waals surface area (Å²) in [6.07, 6.45) is 0. The summed E-state index contributed by atoms with van der Waals surface area (Å²) in [4.78, 5) is 20.4. The number of rotatable bonds is 10. The summed E-state index contributed by atoms with van der Waals surface area (Å²) in [7, 11) is -9.13. The molecule has 0 fully saturated rings. The Morgan fingerprint density at radius 3 is 2.32 bits per heavy atom. The Morgan fingerprint density at radius 1 is 1.11 bits per heavy atom. The van der Waals surface area contributed by atoms with Crippen molar-refractivity contribution >= 4 is 54.3 Å². The van der Waals surface area contributed by atoms with E-state index in [9.17, 15) is 35.8 Å². The second kappa shape index (κ2) is 15.5. The smallest absolute Gasteiger partial charge is 0.748 e. The van der Waals surface area contributed by atoms with Crippen molar-refractivity contribution in [1.29, 1.82) is 0 Å². The van der Waals surface area contributed by atoms with E-state index in [1.54, 1.807) is 0 Å². The average molecular weight is 642 g/mol. The Bertz CT molecular complexity index is 1530. The summed E-state index contributed by atoms with van der Waals surface area (Å²) in [5, 5.41) is 27.0. The number of hydrogen-bond acceptors (Lipinski definition) is 16. The summed E-state index contributed by atoms with van der Waals surface area (Å²) in [5.41, 5.74) is -1.35. The van der Waals surface area contributed by atoms with E-state index in [-0.39, 0.29) is 136 Å². The molecule has 3 rings (SSSR count). The van der Waals surface area contributed by atoms with Gasteiger partial charge >= 0.3 is 103 Å². The van der Waals surface area contributed by atoms with Crippen LogP contribution in [0, 0.1) is 0 Å². The largest absolute Gasteiger partial charge is 1.00 e. The minimum Gasteiger partial charge on any atom is -0.748 e. The van der Waals surface area contributed by atoms with Crippen molar-refractivity contribution in [2.24, 2.45) is 10.2 Å². The third-order valence-electron chi connectivity index (χ3n) is 4.04. The molecule has 0 radical (unpaired) electrons. The van der Waals surface area contributed by atoms with E-state index in [0.29, 0.717) is 0 Å². The summed E-state index contributed by atoms with van der Waals surface area (Å²) >= 11 is 1.68. The van der Waals surface area contributed by atoms with Gasteiger partial charge in [0.1, 0.15) is 16.7 Å². The van der Waals surface area contributed by atoms with Crippen LogP contribution in [0.2, 0.25) is 0 Å². The standard InChI is InChI=1S/C16H15N5O10S4.2K/c22-13-9(8-31-24)7-12(14(23)21(13)10-1-3-11(4-2-10)35(28,29)30)18-19-15-17-16(20-33-15)32-5-6-34(25,26)27;;/h1-4,7,22,24H,5-6,8H2,(H,25,26,27)(H,28,29,30);;/q;2*+1/p-2. The van der Waals surface area contributed by atoms with Crippen LogP contribution in [0.1, 0.15) is 5.56 Å². The van der Waals surface area contributed by atoms with E-state index in [0.717, 1.165) is 58.2 Å². The van der Waals surface area contributed by atoms with Gasteiger partial charge in [0.2, 0.25) is 16.2 Å². The Hall–Kier alpha value is 0.493. The molecular weight excluding hydrogens is 629 g/mol. The van der Waals surface area contributed by atoms with E-state index in [1.807, 2.05) is 0 Å². The molecule has 0 bridgehead atoms. The van der Waals surface area contributed by atoms with Gasteiger partial charge in [-0.3, -0.25) is 10.1 Å². The molecule has 0 unspecified atom stereocenters. The first-order valence-corrected chi connectivity index (χ1v) is 13.8. The zero-order chi connectivity index (χ0) is 25.8. The summed E-state index contributed by atoms with van der Waals surface area (Å²) in [5.74, 6) is -1.33. The van der Waals surface area contributed by atoms with Gasteiger partial charge in [-0.15, -0.1) is 10.2 Å². The number of azo groups is 1. The van der Waals surface area contributed by atoms with Crippen LogP contribution in [0.25, 0.3) is 5.69 Å². The van der Waals surface area contributed by atoms with Crippen LogP contribution in [-0.2, 0) is 31.7 Å². The maximum absolute atomic E-state index is 12.9. The topological polar surface area (TPSA) is 237 Å². The predicted octanol–water partition coefficient (Wildman–Crippen LogP) is -4.65. The molecule has 21 heteroatoms. The Balaban J connectivity index is 0.00000342. The van der Waals surface area contributed by atoms with E-state index in [2.05, 4.69) is 24.5 Å². The van der Waals surface area contributed by atoms with Crippen molar-refractivity contribution in [3.63, 3.8) is 0 Å². The van der Waals surface area contributed by atoms with E-state index in [1.165, 1.54) is 0 Å². The van der Waals surface area contributed by atoms with Crippen molar-refractivity contribution in [3.8, 4) is 11.6 Å². The summed E-state index contributed by atoms with van der Waals surface area (Å²) < 4.78 is 70.0. The molecule has 1 aromatic carbocycles. The molecule has 0 aliphatic carbocycles. The predicted molar refractivity (Wildman–Crippen MR) is 118 cm³/mol. The van der Waals surface area contributed by atoms with Gasteiger partial charge in [0, 0.05) is 28.6 Å². The van der Waals surface area contributed by atoms with E-state index >= 15 is 0 Å². The number of pyridine rings is 1. The molecule has 2 heterocycles. The van der Waals surface area contributed by atoms with Crippen molar-refractivity contribution < 1.29 is 144 Å². The zero-order valence-corrected chi connectivity index (χ0v) is 28.5. The van der Waals surface area contributed by atoms with Gasteiger partial charge in [-0.1, -0.05) is 11.8 Å². The van der Waals surface area contributed by atoms with Gasteiger partial charge in [-0.2, -0.15) is 9.36 Å². The van der Waals surface area contributed by atoms with Gasteiger partial charge in [0.15, 0.2) is 5.69 Å². The summed E-state index contributed by atoms with van der Waals surface area (Å²) in [6.45, 7) is -0.552. The van der Waals surface area contributed by atoms with Crippen LogP contribution in [-0.4, -0.2) is 61.7 Å². The van der Waals surface area contributed by atoms with Crippen LogP contribution in [0.4, 0.5) is 10.8 Å². The minimum absolute atomic E-state index is 0. The fourth-order valence-electron chi connectivity index (χ4n) is 2.53. The number of aromatic hydroxyl groups is 1. The van der Waals surface area contributed by atoms with Gasteiger partial charge in [-0.05, 0) is 30.3 Å². The maximum atomic E-state index is 12.9. The molecule has 3 aromatic rings. The van der Waals surface area contributed by atoms with E-state index < -0.39 is 48.9 Å². The van der Waals surface area contributed by atoms with Gasteiger partial charge in [0.25, 0.3) is 5.56 Å². The third kappa shape index (κ3) is 10.4. The molecule has 0 amide bonds. The minimum atomic E-state index is -4.74. The maximum Gasteiger partial charge on any atom is 1.00 e. The molecular formula is C16H13K2N5O10S4. The molecule has 0 aliphatic heterocycles. The van der Waals surface area contributed by atoms with Crippen molar-refractivity contribution in [2.75, 3.05) is 11.5 Å². The molecule has 37 heavy (non-hydrogen) atoms. The number of nitrogens with zero attached hydrogens (tertiary/aromatic N) is 5. The third-order valence-corrected chi connectivity index (χ3v) is 7.42. The Kier molecular flexibility index (Phi) is 14.9. The molecule has 188 valence electrons. The summed E-state index contributed by atoms with van der Waals surface area (Å²) in [6, 6.07) is 5.18. The first-order chi connectivity index (χ1) is 16.4. The Morgan fingerprint density at radius 2 is 1.76 bits per heavy atom. The van der Waals surface area contributed by atoms with Crippen molar-refractivity contribution in [1.82, 2.24) is 13.9 Å². The molecule has 0 aliphatic rings. The average Bonchev–Trinajstić information content (AvgIpc) is 3.21. The Labute approximate surface area is 303 Å². The second-order valence-electron chi connectivity index (χ2n) is 6.41. The number of thioether (sulfide) groups is 1. The molecule has 2 aromatic heterocycles. The van der Waals surface area contributed by atoms with Crippen LogP contribution < -0.4 is 108 Å². The van der Waals surface area contributed by atoms with Gasteiger partial charge in [0.05, 0.1) is 20.7 Å².